The van der Waals surface area contributed by atoms with Gasteiger partial charge in [0.05, 0.1) is 0 Å². The van der Waals surface area contributed by atoms with Crippen LogP contribution in [0, 0.1) is 23.5 Å². The molecule has 2 fully saturated rings. The van der Waals surface area contributed by atoms with Crippen LogP contribution in [0.15, 0.2) is 18.2 Å². The van der Waals surface area contributed by atoms with E-state index in [0.29, 0.717) is 11.8 Å². The van der Waals surface area contributed by atoms with E-state index in [-0.39, 0.29) is 0 Å². The van der Waals surface area contributed by atoms with Gasteiger partial charge >= 0.3 is 0 Å². The molecule has 1 aromatic carbocycles. The van der Waals surface area contributed by atoms with E-state index >= 15 is 0 Å². The quantitative estimate of drug-likeness (QED) is 0.791. The molecule has 3 rings (SSSR count). The predicted molar refractivity (Wildman–Crippen MR) is 81.2 cm³/mol. The van der Waals surface area contributed by atoms with Crippen molar-refractivity contribution in [3.63, 3.8) is 0 Å². The monoisotopic (exact) mass is 293 g/mol. The second-order valence-corrected chi connectivity index (χ2v) is 6.79. The van der Waals surface area contributed by atoms with E-state index in [0.717, 1.165) is 24.6 Å². The third kappa shape index (κ3) is 4.26. The lowest BCUT2D eigenvalue weighted by Gasteiger charge is -2.26. The fourth-order valence-electron chi connectivity index (χ4n) is 3.57. The largest absolute Gasteiger partial charge is 0.314 e. The average molecular weight is 293 g/mol. The molecule has 2 aliphatic rings. The van der Waals surface area contributed by atoms with E-state index in [1.807, 2.05) is 0 Å². The smallest absolute Gasteiger partial charge is 0.159 e. The number of hydrogen-bond donors (Lipinski definition) is 1. The fourth-order valence-corrected chi connectivity index (χ4v) is 3.57. The first-order chi connectivity index (χ1) is 10.2. The zero-order chi connectivity index (χ0) is 14.7. The van der Waals surface area contributed by atoms with E-state index in [4.69, 9.17) is 0 Å². The van der Waals surface area contributed by atoms with E-state index in [2.05, 4.69) is 5.32 Å². The zero-order valence-electron chi connectivity index (χ0n) is 12.6. The summed E-state index contributed by atoms with van der Waals surface area (Å²) in [6, 6.07) is 5.14. The van der Waals surface area contributed by atoms with Crippen LogP contribution in [0.3, 0.4) is 0 Å². The maximum Gasteiger partial charge on any atom is 0.159 e. The molecule has 2 aliphatic carbocycles. The Labute approximate surface area is 126 Å². The molecule has 0 aromatic heterocycles. The molecule has 1 aromatic rings. The van der Waals surface area contributed by atoms with Crippen LogP contribution in [0.1, 0.15) is 50.5 Å². The third-order valence-corrected chi connectivity index (χ3v) is 5.04. The van der Waals surface area contributed by atoms with Gasteiger partial charge in [0.1, 0.15) is 0 Å². The molecule has 3 heteroatoms. The molecular weight excluding hydrogens is 268 g/mol. The second kappa shape index (κ2) is 6.87. The Morgan fingerprint density at radius 3 is 2.38 bits per heavy atom. The summed E-state index contributed by atoms with van der Waals surface area (Å²) in [6.45, 7) is 1.10. The molecule has 21 heavy (non-hydrogen) atoms. The number of nitrogens with one attached hydrogen (secondary N) is 1. The highest BCUT2D eigenvalue weighted by Gasteiger charge is 2.27. The molecule has 0 heterocycles. The molecule has 0 aliphatic heterocycles. The van der Waals surface area contributed by atoms with Gasteiger partial charge in [-0.25, -0.2) is 8.78 Å². The van der Waals surface area contributed by atoms with Crippen molar-refractivity contribution in [3.8, 4) is 0 Å². The summed E-state index contributed by atoms with van der Waals surface area (Å²) in [5.74, 6) is -0.176. The van der Waals surface area contributed by atoms with Crippen molar-refractivity contribution in [1.29, 1.82) is 0 Å². The van der Waals surface area contributed by atoms with Crippen LogP contribution in [0.5, 0.6) is 0 Å². The molecule has 2 saturated carbocycles. The number of halogens is 2. The van der Waals surface area contributed by atoms with Gasteiger partial charge in [-0.3, -0.25) is 0 Å². The summed E-state index contributed by atoms with van der Waals surface area (Å²) < 4.78 is 26.4. The first kappa shape index (κ1) is 15.0. The van der Waals surface area contributed by atoms with Crippen LogP contribution in [0.2, 0.25) is 0 Å². The van der Waals surface area contributed by atoms with E-state index in [1.165, 1.54) is 57.1 Å². The van der Waals surface area contributed by atoms with Gasteiger partial charge in [0.15, 0.2) is 11.6 Å². The van der Waals surface area contributed by atoms with Crippen LogP contribution in [-0.2, 0) is 6.42 Å². The first-order valence-corrected chi connectivity index (χ1v) is 8.39. The summed E-state index contributed by atoms with van der Waals surface area (Å²) in [4.78, 5) is 0. The Kier molecular flexibility index (Phi) is 4.89. The Hall–Kier alpha value is -0.960. The normalized spacial score (nSPS) is 26.6. The van der Waals surface area contributed by atoms with Crippen molar-refractivity contribution in [2.45, 2.75) is 57.4 Å². The van der Waals surface area contributed by atoms with Crippen LogP contribution in [0.25, 0.3) is 0 Å². The van der Waals surface area contributed by atoms with E-state index in [1.54, 1.807) is 6.07 Å². The van der Waals surface area contributed by atoms with Gasteiger partial charge in [-0.15, -0.1) is 0 Å². The maximum atomic E-state index is 13.4. The summed E-state index contributed by atoms with van der Waals surface area (Å²) in [5, 5.41) is 3.66. The van der Waals surface area contributed by atoms with Gasteiger partial charge < -0.3 is 5.32 Å². The summed E-state index contributed by atoms with van der Waals surface area (Å²) in [7, 11) is 0. The van der Waals surface area contributed by atoms with Crippen molar-refractivity contribution >= 4 is 0 Å². The Morgan fingerprint density at radius 1 is 0.905 bits per heavy atom. The molecular formula is C18H25F2N. The highest BCUT2D eigenvalue weighted by molar-refractivity contribution is 5.18. The van der Waals surface area contributed by atoms with Crippen LogP contribution in [0.4, 0.5) is 8.78 Å². The molecule has 116 valence electrons. The lowest BCUT2D eigenvalue weighted by molar-refractivity contribution is 0.296. The van der Waals surface area contributed by atoms with Crippen molar-refractivity contribution in [1.82, 2.24) is 5.32 Å². The van der Waals surface area contributed by atoms with Gasteiger partial charge in [-0.2, -0.15) is 0 Å². The SMILES string of the molecule is Fc1ccc(CC2CCCCCC2CNC2CC2)cc1F. The van der Waals surface area contributed by atoms with Gasteiger partial charge in [0, 0.05) is 6.04 Å². The minimum Gasteiger partial charge on any atom is -0.314 e. The number of rotatable bonds is 5. The zero-order valence-corrected chi connectivity index (χ0v) is 12.6. The van der Waals surface area contributed by atoms with Gasteiger partial charge in [0.2, 0.25) is 0 Å². The van der Waals surface area contributed by atoms with Crippen LogP contribution >= 0.6 is 0 Å². The molecule has 1 N–H and O–H groups in total. The highest BCUT2D eigenvalue weighted by atomic mass is 19.2. The Morgan fingerprint density at radius 2 is 1.67 bits per heavy atom. The minimum atomic E-state index is -0.744. The topological polar surface area (TPSA) is 12.0 Å². The lowest BCUT2D eigenvalue weighted by atomic mass is 9.83. The minimum absolute atomic E-state index is 0.601. The predicted octanol–water partition coefficient (Wildman–Crippen LogP) is 4.46. The van der Waals surface area contributed by atoms with E-state index in [9.17, 15) is 8.78 Å². The second-order valence-electron chi connectivity index (χ2n) is 6.79. The van der Waals surface area contributed by atoms with Gasteiger partial charge in [-0.1, -0.05) is 25.3 Å². The molecule has 2 atom stereocenters. The molecule has 0 saturated heterocycles. The Balaban J connectivity index is 1.64. The number of benzene rings is 1. The summed E-state index contributed by atoms with van der Waals surface area (Å²) in [5.41, 5.74) is 0.942. The molecule has 2 unspecified atom stereocenters. The molecule has 0 bridgehead atoms. The highest BCUT2D eigenvalue weighted by Crippen LogP contribution is 2.32. The first-order valence-electron chi connectivity index (χ1n) is 8.39. The summed E-state index contributed by atoms with van der Waals surface area (Å²) in [6.07, 6.45) is 9.91. The summed E-state index contributed by atoms with van der Waals surface area (Å²) >= 11 is 0. The van der Waals surface area contributed by atoms with Crippen molar-refractivity contribution < 1.29 is 8.78 Å². The fraction of sp³-hybridized carbons (Fsp3) is 0.667. The van der Waals surface area contributed by atoms with Crippen LogP contribution in [-0.4, -0.2) is 12.6 Å². The van der Waals surface area contributed by atoms with Crippen molar-refractivity contribution in [2.75, 3.05) is 6.54 Å². The molecule has 0 radical (unpaired) electrons. The van der Waals surface area contributed by atoms with Gasteiger partial charge in [0.25, 0.3) is 0 Å². The average Bonchev–Trinajstić information content (AvgIpc) is 3.29. The van der Waals surface area contributed by atoms with E-state index < -0.39 is 11.6 Å². The standard InChI is InChI=1S/C18H25F2N/c19-17-9-6-13(11-18(17)20)10-14-4-2-1-3-5-15(14)12-21-16-7-8-16/h6,9,11,14-16,21H,1-5,7-8,10,12H2. The van der Waals surface area contributed by atoms with Crippen LogP contribution < -0.4 is 5.32 Å². The molecule has 1 nitrogen and oxygen atoms in total. The molecule has 0 amide bonds. The Bertz CT molecular complexity index is 470. The number of hydrogen-bond acceptors (Lipinski definition) is 1. The molecule has 0 spiro atoms. The maximum absolute atomic E-state index is 13.4. The van der Waals surface area contributed by atoms with Crippen molar-refractivity contribution in [3.05, 3.63) is 35.4 Å². The lowest BCUT2D eigenvalue weighted by Crippen LogP contribution is -2.30. The van der Waals surface area contributed by atoms with Gasteiger partial charge in [-0.05, 0) is 68.2 Å². The van der Waals surface area contributed by atoms with Crippen molar-refractivity contribution in [2.24, 2.45) is 11.8 Å². The third-order valence-electron chi connectivity index (χ3n) is 5.04.